The van der Waals surface area contributed by atoms with Gasteiger partial charge in [-0.25, -0.2) is 8.42 Å². The van der Waals surface area contributed by atoms with Crippen LogP contribution in [0, 0.1) is 6.92 Å². The number of carbonyl (C=O) groups excluding carboxylic acids is 2. The number of hydrogen-bond donors (Lipinski definition) is 2. The molecule has 29 heavy (non-hydrogen) atoms. The molecule has 2 amide bonds. The first-order chi connectivity index (χ1) is 13.7. The van der Waals surface area contributed by atoms with E-state index in [2.05, 4.69) is 26.6 Å². The van der Waals surface area contributed by atoms with Gasteiger partial charge in [0.2, 0.25) is 11.8 Å². The van der Waals surface area contributed by atoms with E-state index in [-0.39, 0.29) is 23.1 Å². The number of aryl methyl sites for hydroxylation is 1. The van der Waals surface area contributed by atoms with Crippen LogP contribution in [0.5, 0.6) is 0 Å². The standard InChI is InChI=1S/C20H21BrN2O4S2/c1-12-9-14(3-5-16(12)21)22-20(25)10-13(2)29(26,27)15-4-6-18-17(11-15)23-19(24)7-8-28-18/h3-6,9,11,13H,7-8,10H2,1-2H3,(H,22,25)(H,23,24)/t13-/m0/s1. The number of anilines is 2. The van der Waals surface area contributed by atoms with Crippen LogP contribution in [0.3, 0.4) is 0 Å². The molecule has 2 aromatic rings. The Kier molecular flexibility index (Phi) is 6.70. The number of sulfone groups is 1. The molecular formula is C20H21BrN2O4S2. The molecule has 1 heterocycles. The van der Waals surface area contributed by atoms with Gasteiger partial charge in [0, 0.05) is 33.7 Å². The minimum atomic E-state index is -3.73. The molecule has 0 aliphatic carbocycles. The Balaban J connectivity index is 1.74. The van der Waals surface area contributed by atoms with Gasteiger partial charge in [0.25, 0.3) is 0 Å². The summed E-state index contributed by atoms with van der Waals surface area (Å²) in [5.74, 6) is 0.140. The number of thioether (sulfide) groups is 1. The Bertz CT molecular complexity index is 1070. The number of rotatable bonds is 5. The van der Waals surface area contributed by atoms with Crippen molar-refractivity contribution >= 4 is 60.7 Å². The van der Waals surface area contributed by atoms with Crippen LogP contribution in [0.2, 0.25) is 0 Å². The molecule has 0 spiro atoms. The van der Waals surface area contributed by atoms with E-state index in [1.807, 2.05) is 19.1 Å². The van der Waals surface area contributed by atoms with Crippen LogP contribution in [0.1, 0.15) is 25.3 Å². The lowest BCUT2D eigenvalue weighted by molar-refractivity contribution is -0.116. The third kappa shape index (κ3) is 5.21. The van der Waals surface area contributed by atoms with E-state index in [9.17, 15) is 18.0 Å². The van der Waals surface area contributed by atoms with Crippen LogP contribution < -0.4 is 10.6 Å². The van der Waals surface area contributed by atoms with Crippen molar-refractivity contribution in [1.82, 2.24) is 0 Å². The smallest absolute Gasteiger partial charge is 0.225 e. The SMILES string of the molecule is Cc1cc(NC(=O)C[C@H](C)S(=O)(=O)c2ccc3c(c2)NC(=O)CCS3)ccc1Br. The van der Waals surface area contributed by atoms with Gasteiger partial charge in [0.15, 0.2) is 9.84 Å². The summed E-state index contributed by atoms with van der Waals surface area (Å²) >= 11 is 4.91. The summed E-state index contributed by atoms with van der Waals surface area (Å²) in [5, 5.41) is 4.58. The van der Waals surface area contributed by atoms with Crippen molar-refractivity contribution in [3.05, 3.63) is 46.4 Å². The van der Waals surface area contributed by atoms with E-state index in [1.54, 1.807) is 12.1 Å². The van der Waals surface area contributed by atoms with Crippen molar-refractivity contribution in [1.29, 1.82) is 0 Å². The summed E-state index contributed by atoms with van der Waals surface area (Å²) in [4.78, 5) is 25.1. The summed E-state index contributed by atoms with van der Waals surface area (Å²) < 4.78 is 26.9. The molecule has 2 aromatic carbocycles. The number of halogens is 1. The van der Waals surface area contributed by atoms with Gasteiger partial charge in [-0.15, -0.1) is 11.8 Å². The first kappa shape index (κ1) is 21.9. The molecule has 1 aliphatic heterocycles. The first-order valence-corrected chi connectivity index (χ1v) is 12.4. The predicted molar refractivity (Wildman–Crippen MR) is 119 cm³/mol. The maximum atomic E-state index is 13.0. The Morgan fingerprint density at radius 3 is 2.76 bits per heavy atom. The van der Waals surface area contributed by atoms with Crippen molar-refractivity contribution in [2.45, 2.75) is 41.7 Å². The molecule has 9 heteroatoms. The quantitative estimate of drug-likeness (QED) is 0.640. The lowest BCUT2D eigenvalue weighted by atomic mass is 10.2. The van der Waals surface area contributed by atoms with Gasteiger partial charge < -0.3 is 10.6 Å². The third-order valence-electron chi connectivity index (χ3n) is 4.58. The Morgan fingerprint density at radius 2 is 2.03 bits per heavy atom. The van der Waals surface area contributed by atoms with Gasteiger partial charge in [-0.05, 0) is 55.8 Å². The van der Waals surface area contributed by atoms with Crippen LogP contribution in [0.15, 0.2) is 50.7 Å². The molecule has 6 nitrogen and oxygen atoms in total. The van der Waals surface area contributed by atoms with Crippen LogP contribution >= 0.6 is 27.7 Å². The zero-order valence-electron chi connectivity index (χ0n) is 16.0. The normalized spacial score (nSPS) is 15.1. The Labute approximate surface area is 182 Å². The zero-order chi connectivity index (χ0) is 21.2. The van der Waals surface area contributed by atoms with E-state index >= 15 is 0 Å². The highest BCUT2D eigenvalue weighted by atomic mass is 79.9. The van der Waals surface area contributed by atoms with Crippen LogP contribution in [0.4, 0.5) is 11.4 Å². The summed E-state index contributed by atoms with van der Waals surface area (Å²) in [6, 6.07) is 10.1. The van der Waals surface area contributed by atoms with Gasteiger partial charge in [0.1, 0.15) is 0 Å². The van der Waals surface area contributed by atoms with Crippen molar-refractivity contribution < 1.29 is 18.0 Å². The second kappa shape index (κ2) is 8.89. The van der Waals surface area contributed by atoms with Crippen molar-refractivity contribution in [2.75, 3.05) is 16.4 Å². The van der Waals surface area contributed by atoms with Crippen molar-refractivity contribution in [3.8, 4) is 0 Å². The van der Waals surface area contributed by atoms with Gasteiger partial charge in [-0.1, -0.05) is 15.9 Å². The molecule has 0 saturated heterocycles. The lowest BCUT2D eigenvalue weighted by Gasteiger charge is -2.15. The summed E-state index contributed by atoms with van der Waals surface area (Å²) in [6.45, 7) is 3.42. The van der Waals surface area contributed by atoms with Gasteiger partial charge in [-0.2, -0.15) is 0 Å². The van der Waals surface area contributed by atoms with Crippen molar-refractivity contribution in [2.24, 2.45) is 0 Å². The molecular weight excluding hydrogens is 476 g/mol. The molecule has 3 rings (SSSR count). The average molecular weight is 497 g/mol. The van der Waals surface area contributed by atoms with Crippen LogP contribution in [-0.4, -0.2) is 31.2 Å². The Morgan fingerprint density at radius 1 is 1.28 bits per heavy atom. The second-order valence-electron chi connectivity index (χ2n) is 6.88. The summed E-state index contributed by atoms with van der Waals surface area (Å²) in [6.07, 6.45) is 0.211. The first-order valence-electron chi connectivity index (χ1n) is 9.03. The van der Waals surface area contributed by atoms with E-state index < -0.39 is 15.1 Å². The number of nitrogens with one attached hydrogen (secondary N) is 2. The molecule has 0 fully saturated rings. The van der Waals surface area contributed by atoms with E-state index in [4.69, 9.17) is 0 Å². The minimum absolute atomic E-state index is 0.0961. The zero-order valence-corrected chi connectivity index (χ0v) is 19.2. The van der Waals surface area contributed by atoms with E-state index in [0.717, 1.165) is 14.9 Å². The molecule has 0 aromatic heterocycles. The highest BCUT2D eigenvalue weighted by Gasteiger charge is 2.27. The fraction of sp³-hybridized carbons (Fsp3) is 0.300. The molecule has 0 radical (unpaired) electrons. The molecule has 1 atom stereocenters. The molecule has 0 bridgehead atoms. The Hall–Kier alpha value is -1.84. The van der Waals surface area contributed by atoms with Gasteiger partial charge in [0.05, 0.1) is 15.8 Å². The largest absolute Gasteiger partial charge is 0.326 e. The molecule has 0 saturated carbocycles. The number of carbonyl (C=O) groups is 2. The monoisotopic (exact) mass is 496 g/mol. The van der Waals surface area contributed by atoms with Gasteiger partial charge >= 0.3 is 0 Å². The second-order valence-corrected chi connectivity index (χ2v) is 11.2. The van der Waals surface area contributed by atoms with E-state index in [1.165, 1.54) is 30.8 Å². The van der Waals surface area contributed by atoms with E-state index in [0.29, 0.717) is 23.5 Å². The average Bonchev–Trinajstić information content (AvgIpc) is 2.84. The van der Waals surface area contributed by atoms with Crippen molar-refractivity contribution in [3.63, 3.8) is 0 Å². The topological polar surface area (TPSA) is 92.3 Å². The maximum Gasteiger partial charge on any atom is 0.225 e. The van der Waals surface area contributed by atoms with Gasteiger partial charge in [-0.3, -0.25) is 9.59 Å². The highest BCUT2D eigenvalue weighted by Crippen LogP contribution is 2.33. The number of amides is 2. The summed E-state index contributed by atoms with van der Waals surface area (Å²) in [7, 11) is -3.73. The molecule has 0 unspecified atom stereocenters. The predicted octanol–water partition coefficient (Wildman–Crippen LogP) is 4.38. The number of fused-ring (bicyclic) bond motifs is 1. The number of hydrogen-bond acceptors (Lipinski definition) is 5. The molecule has 154 valence electrons. The maximum absolute atomic E-state index is 13.0. The number of benzene rings is 2. The molecule has 1 aliphatic rings. The highest BCUT2D eigenvalue weighted by molar-refractivity contribution is 9.10. The van der Waals surface area contributed by atoms with Crippen LogP contribution in [0.25, 0.3) is 0 Å². The fourth-order valence-corrected chi connectivity index (χ4v) is 5.47. The summed E-state index contributed by atoms with van der Waals surface area (Å²) in [5.41, 5.74) is 2.08. The van der Waals surface area contributed by atoms with Crippen LogP contribution in [-0.2, 0) is 19.4 Å². The fourth-order valence-electron chi connectivity index (χ4n) is 2.91. The third-order valence-corrected chi connectivity index (χ3v) is 8.69. The molecule has 2 N–H and O–H groups in total. The lowest BCUT2D eigenvalue weighted by Crippen LogP contribution is -2.25. The minimum Gasteiger partial charge on any atom is -0.326 e.